The summed E-state index contributed by atoms with van der Waals surface area (Å²) >= 11 is 0. The van der Waals surface area contributed by atoms with Gasteiger partial charge < -0.3 is 14.5 Å². The van der Waals surface area contributed by atoms with Crippen LogP contribution in [0.5, 0.6) is 0 Å². The Kier molecular flexibility index (Phi) is 6.06. The van der Waals surface area contributed by atoms with Crippen molar-refractivity contribution in [1.29, 1.82) is 0 Å². The Morgan fingerprint density at radius 2 is 2.12 bits per heavy atom. The van der Waals surface area contributed by atoms with E-state index in [2.05, 4.69) is 10.2 Å². The zero-order chi connectivity index (χ0) is 18.5. The van der Waals surface area contributed by atoms with E-state index in [1.54, 1.807) is 19.2 Å². The maximum absolute atomic E-state index is 13.1. The van der Waals surface area contributed by atoms with Crippen LogP contribution in [-0.4, -0.2) is 37.6 Å². The predicted molar refractivity (Wildman–Crippen MR) is 96.5 cm³/mol. The first-order chi connectivity index (χ1) is 12.6. The van der Waals surface area contributed by atoms with E-state index in [1.165, 1.54) is 12.1 Å². The van der Waals surface area contributed by atoms with Crippen molar-refractivity contribution in [2.75, 3.05) is 26.8 Å². The lowest BCUT2D eigenvalue weighted by Crippen LogP contribution is -2.32. The Morgan fingerprint density at radius 1 is 1.35 bits per heavy atom. The summed E-state index contributed by atoms with van der Waals surface area (Å²) in [4.78, 5) is 14.8. The molecule has 3 rings (SSSR count). The van der Waals surface area contributed by atoms with E-state index in [-0.39, 0.29) is 11.7 Å². The highest BCUT2D eigenvalue weighted by Crippen LogP contribution is 2.29. The molecule has 1 amide bonds. The van der Waals surface area contributed by atoms with E-state index < -0.39 is 0 Å². The van der Waals surface area contributed by atoms with Gasteiger partial charge in [0.15, 0.2) is 0 Å². The fourth-order valence-corrected chi connectivity index (χ4v) is 3.37. The molecule has 1 aromatic carbocycles. The third-order valence-corrected chi connectivity index (χ3v) is 4.66. The SMILES string of the molecule is COCCCNC(=O)c1c(C)oc2c1CN(Cc1ccc(F)cc1)CC2. The van der Waals surface area contributed by atoms with Crippen LogP contribution in [0.15, 0.2) is 28.7 Å². The highest BCUT2D eigenvalue weighted by molar-refractivity contribution is 5.97. The monoisotopic (exact) mass is 360 g/mol. The minimum atomic E-state index is -0.229. The normalized spacial score (nSPS) is 14.3. The summed E-state index contributed by atoms with van der Waals surface area (Å²) in [6.07, 6.45) is 1.55. The Morgan fingerprint density at radius 3 is 2.85 bits per heavy atom. The van der Waals surface area contributed by atoms with Gasteiger partial charge in [-0.25, -0.2) is 4.39 Å². The molecule has 2 heterocycles. The second-order valence-corrected chi connectivity index (χ2v) is 6.62. The minimum absolute atomic E-state index is 0.0905. The number of amides is 1. The zero-order valence-electron chi connectivity index (χ0n) is 15.3. The number of carbonyl (C=O) groups excluding carboxylic acids is 1. The van der Waals surface area contributed by atoms with Crippen LogP contribution in [0.2, 0.25) is 0 Å². The molecule has 6 heteroatoms. The quantitative estimate of drug-likeness (QED) is 0.771. The molecule has 1 aromatic heterocycles. The van der Waals surface area contributed by atoms with E-state index in [0.717, 1.165) is 42.8 Å². The standard InChI is InChI=1S/C20H25FN2O3/c1-14-19(20(24)22-9-3-11-25-2)17-13-23(10-8-18(17)26-14)12-15-4-6-16(21)7-5-15/h4-7H,3,8-13H2,1-2H3,(H,22,24). The molecule has 0 fully saturated rings. The molecule has 1 aliphatic heterocycles. The summed E-state index contributed by atoms with van der Waals surface area (Å²) in [5.41, 5.74) is 2.68. The lowest BCUT2D eigenvalue weighted by molar-refractivity contribution is 0.0945. The molecular weight excluding hydrogens is 335 g/mol. The Hall–Kier alpha value is -2.18. The highest BCUT2D eigenvalue weighted by Gasteiger charge is 2.28. The number of hydrogen-bond acceptors (Lipinski definition) is 4. The van der Waals surface area contributed by atoms with Gasteiger partial charge in [-0.05, 0) is 31.0 Å². The van der Waals surface area contributed by atoms with Crippen molar-refractivity contribution in [3.05, 3.63) is 58.3 Å². The number of fused-ring (bicyclic) bond motifs is 1. The fraction of sp³-hybridized carbons (Fsp3) is 0.450. The number of methoxy groups -OCH3 is 1. The summed E-state index contributed by atoms with van der Waals surface area (Å²) in [6.45, 7) is 5.27. The van der Waals surface area contributed by atoms with Gasteiger partial charge in [-0.1, -0.05) is 12.1 Å². The van der Waals surface area contributed by atoms with Crippen LogP contribution in [0.1, 0.15) is 39.4 Å². The third kappa shape index (κ3) is 4.31. The van der Waals surface area contributed by atoms with Gasteiger partial charge in [-0.2, -0.15) is 0 Å². The predicted octanol–water partition coefficient (Wildman–Crippen LogP) is 3.05. The van der Waals surface area contributed by atoms with Crippen LogP contribution >= 0.6 is 0 Å². The van der Waals surface area contributed by atoms with Gasteiger partial charge in [0.25, 0.3) is 5.91 Å². The van der Waals surface area contributed by atoms with E-state index in [9.17, 15) is 9.18 Å². The Balaban J connectivity index is 1.68. The van der Waals surface area contributed by atoms with E-state index in [0.29, 0.717) is 31.0 Å². The first kappa shape index (κ1) is 18.6. The summed E-state index contributed by atoms with van der Waals surface area (Å²) in [7, 11) is 1.65. The summed E-state index contributed by atoms with van der Waals surface area (Å²) in [6, 6.07) is 6.56. The van der Waals surface area contributed by atoms with Gasteiger partial charge in [0.05, 0.1) is 5.56 Å². The molecule has 0 atom stereocenters. The molecule has 0 aliphatic carbocycles. The average Bonchev–Trinajstić information content (AvgIpc) is 2.96. The number of rotatable bonds is 7. The zero-order valence-corrected chi connectivity index (χ0v) is 15.3. The second-order valence-electron chi connectivity index (χ2n) is 6.62. The van der Waals surface area contributed by atoms with Crippen LogP contribution in [-0.2, 0) is 24.2 Å². The van der Waals surface area contributed by atoms with Crippen LogP contribution in [0.3, 0.4) is 0 Å². The molecule has 0 spiro atoms. The summed E-state index contributed by atoms with van der Waals surface area (Å²) in [5, 5.41) is 2.94. The third-order valence-electron chi connectivity index (χ3n) is 4.66. The molecule has 0 bridgehead atoms. The van der Waals surface area contributed by atoms with Gasteiger partial charge in [0, 0.05) is 51.9 Å². The Labute approximate surface area is 153 Å². The number of furan rings is 1. The molecule has 0 saturated heterocycles. The van der Waals surface area contributed by atoms with E-state index in [4.69, 9.17) is 9.15 Å². The molecule has 140 valence electrons. The first-order valence-corrected chi connectivity index (χ1v) is 8.93. The van der Waals surface area contributed by atoms with Crippen molar-refractivity contribution >= 4 is 5.91 Å². The lowest BCUT2D eigenvalue weighted by atomic mass is 10.0. The molecular formula is C20H25FN2O3. The Bertz CT molecular complexity index is 755. The van der Waals surface area contributed by atoms with Crippen LogP contribution in [0.25, 0.3) is 0 Å². The number of halogens is 1. The lowest BCUT2D eigenvalue weighted by Gasteiger charge is -2.26. The molecule has 0 saturated carbocycles. The van der Waals surface area contributed by atoms with Crippen molar-refractivity contribution in [1.82, 2.24) is 10.2 Å². The first-order valence-electron chi connectivity index (χ1n) is 8.93. The number of benzene rings is 1. The van der Waals surface area contributed by atoms with Gasteiger partial charge in [0.2, 0.25) is 0 Å². The number of hydrogen-bond donors (Lipinski definition) is 1. The topological polar surface area (TPSA) is 54.7 Å². The number of aryl methyl sites for hydroxylation is 1. The van der Waals surface area contributed by atoms with Crippen LogP contribution in [0.4, 0.5) is 4.39 Å². The van der Waals surface area contributed by atoms with E-state index in [1.807, 2.05) is 6.92 Å². The van der Waals surface area contributed by atoms with Gasteiger partial charge in [0.1, 0.15) is 17.3 Å². The molecule has 0 radical (unpaired) electrons. The second kappa shape index (κ2) is 8.47. The number of nitrogens with one attached hydrogen (secondary N) is 1. The molecule has 1 aliphatic rings. The van der Waals surface area contributed by atoms with Gasteiger partial charge in [-0.15, -0.1) is 0 Å². The molecule has 2 aromatic rings. The maximum atomic E-state index is 13.1. The van der Waals surface area contributed by atoms with Crippen molar-refractivity contribution in [3.8, 4) is 0 Å². The number of nitrogens with zero attached hydrogens (tertiary/aromatic N) is 1. The summed E-state index contributed by atoms with van der Waals surface area (Å²) in [5.74, 6) is 1.25. The van der Waals surface area contributed by atoms with Crippen molar-refractivity contribution in [2.45, 2.75) is 32.9 Å². The van der Waals surface area contributed by atoms with Gasteiger partial charge in [-0.3, -0.25) is 9.69 Å². The smallest absolute Gasteiger partial charge is 0.255 e. The van der Waals surface area contributed by atoms with E-state index >= 15 is 0 Å². The van der Waals surface area contributed by atoms with Crippen molar-refractivity contribution in [2.24, 2.45) is 0 Å². The van der Waals surface area contributed by atoms with Crippen molar-refractivity contribution < 1.29 is 18.3 Å². The molecule has 1 N–H and O–H groups in total. The minimum Gasteiger partial charge on any atom is -0.465 e. The van der Waals surface area contributed by atoms with Crippen LogP contribution in [0, 0.1) is 12.7 Å². The largest absolute Gasteiger partial charge is 0.465 e. The number of carbonyl (C=O) groups is 1. The molecule has 5 nitrogen and oxygen atoms in total. The summed E-state index contributed by atoms with van der Waals surface area (Å²) < 4.78 is 23.9. The molecule has 26 heavy (non-hydrogen) atoms. The van der Waals surface area contributed by atoms with Gasteiger partial charge >= 0.3 is 0 Å². The maximum Gasteiger partial charge on any atom is 0.255 e. The van der Waals surface area contributed by atoms with Crippen molar-refractivity contribution in [3.63, 3.8) is 0 Å². The number of ether oxygens (including phenoxy) is 1. The highest BCUT2D eigenvalue weighted by atomic mass is 19.1. The fourth-order valence-electron chi connectivity index (χ4n) is 3.37. The van der Waals surface area contributed by atoms with Crippen LogP contribution < -0.4 is 5.32 Å². The molecule has 0 unspecified atom stereocenters. The average molecular weight is 360 g/mol.